The molecule has 0 aromatic heterocycles. The van der Waals surface area contributed by atoms with E-state index in [1.807, 2.05) is 6.92 Å². The minimum atomic E-state index is 0.324. The molecule has 0 fully saturated rings. The first-order valence-electron chi connectivity index (χ1n) is 5.68. The van der Waals surface area contributed by atoms with Crippen LogP contribution in [0.5, 0.6) is 0 Å². The Hall–Kier alpha value is -2.48. The monoisotopic (exact) mass is 243 g/mol. The van der Waals surface area contributed by atoms with Crippen molar-refractivity contribution in [2.75, 3.05) is 24.1 Å². The van der Waals surface area contributed by atoms with Gasteiger partial charge in [0.2, 0.25) is 0 Å². The molecule has 0 aliphatic heterocycles. The molecule has 0 radical (unpaired) electrons. The normalized spacial score (nSPS) is 10.0. The molecule has 0 heterocycles. The number of hydrogen-bond donors (Lipinski definition) is 4. The summed E-state index contributed by atoms with van der Waals surface area (Å²) in [5.41, 5.74) is 7.78. The third kappa shape index (κ3) is 3.83. The highest BCUT2D eigenvalue weighted by molar-refractivity contribution is 5.96. The van der Waals surface area contributed by atoms with Crippen LogP contribution in [0.3, 0.4) is 0 Å². The van der Waals surface area contributed by atoms with Crippen molar-refractivity contribution in [2.45, 2.75) is 6.92 Å². The zero-order chi connectivity index (χ0) is 13.4. The molecule has 0 saturated carbocycles. The first-order valence-corrected chi connectivity index (χ1v) is 5.68. The van der Waals surface area contributed by atoms with Gasteiger partial charge in [0.05, 0.1) is 29.2 Å². The molecular weight excluding hydrogens is 226 g/mol. The highest BCUT2D eigenvalue weighted by Crippen LogP contribution is 2.22. The van der Waals surface area contributed by atoms with Gasteiger partial charge >= 0.3 is 0 Å². The smallest absolute Gasteiger partial charge is 0.101 e. The van der Waals surface area contributed by atoms with Crippen molar-refractivity contribution in [2.24, 2.45) is 0 Å². The molecule has 0 atom stereocenters. The van der Waals surface area contributed by atoms with Crippen LogP contribution in [0.1, 0.15) is 12.5 Å². The summed E-state index contributed by atoms with van der Waals surface area (Å²) < 4.78 is 0. The van der Waals surface area contributed by atoms with Gasteiger partial charge in [-0.05, 0) is 31.3 Å². The van der Waals surface area contributed by atoms with Crippen molar-refractivity contribution in [1.82, 2.24) is 5.32 Å². The standard InChI is InChI=1S/C13H17N5/c1-2-17-7-6-11(15)9-18-13-10(8-14)4-3-5-12(13)16/h3-7,15,17-18H,2,9,16H2,1H3/b7-6-,15-11?. The van der Waals surface area contributed by atoms with Gasteiger partial charge in [0, 0.05) is 6.54 Å². The summed E-state index contributed by atoms with van der Waals surface area (Å²) >= 11 is 0. The second-order valence-electron chi connectivity index (χ2n) is 3.65. The molecule has 1 aromatic rings. The van der Waals surface area contributed by atoms with Gasteiger partial charge in [-0.25, -0.2) is 0 Å². The van der Waals surface area contributed by atoms with Crippen molar-refractivity contribution < 1.29 is 0 Å². The SMILES string of the molecule is CCN/C=C\C(=N)CNc1c(N)cccc1C#N. The summed E-state index contributed by atoms with van der Waals surface area (Å²) in [6.45, 7) is 3.13. The number of anilines is 2. The quantitative estimate of drug-likeness (QED) is 0.451. The maximum Gasteiger partial charge on any atom is 0.101 e. The van der Waals surface area contributed by atoms with Crippen molar-refractivity contribution in [3.63, 3.8) is 0 Å². The third-order valence-corrected chi connectivity index (χ3v) is 2.28. The number of hydrogen-bond acceptors (Lipinski definition) is 5. The molecule has 0 unspecified atom stereocenters. The van der Waals surface area contributed by atoms with Crippen LogP contribution in [-0.4, -0.2) is 18.8 Å². The Morgan fingerprint density at radius 1 is 1.56 bits per heavy atom. The molecule has 0 saturated heterocycles. The maximum absolute atomic E-state index is 8.96. The minimum absolute atomic E-state index is 0.324. The molecule has 5 nitrogen and oxygen atoms in total. The molecule has 0 bridgehead atoms. The van der Waals surface area contributed by atoms with E-state index in [1.54, 1.807) is 30.5 Å². The van der Waals surface area contributed by atoms with Crippen LogP contribution < -0.4 is 16.4 Å². The van der Waals surface area contributed by atoms with E-state index < -0.39 is 0 Å². The molecule has 1 aromatic carbocycles. The highest BCUT2D eigenvalue weighted by atomic mass is 14.9. The summed E-state index contributed by atoms with van der Waals surface area (Å²) in [5, 5.41) is 22.7. The average molecular weight is 243 g/mol. The van der Waals surface area contributed by atoms with Gasteiger partial charge in [0.25, 0.3) is 0 Å². The lowest BCUT2D eigenvalue weighted by Gasteiger charge is -2.10. The van der Waals surface area contributed by atoms with Crippen LogP contribution in [0.2, 0.25) is 0 Å². The lowest BCUT2D eigenvalue weighted by atomic mass is 10.1. The number of benzene rings is 1. The maximum atomic E-state index is 8.96. The molecule has 94 valence electrons. The molecular formula is C13H17N5. The van der Waals surface area contributed by atoms with Crippen LogP contribution in [-0.2, 0) is 0 Å². The Kier molecular flexibility index (Phi) is 5.26. The van der Waals surface area contributed by atoms with E-state index in [-0.39, 0.29) is 0 Å². The Morgan fingerprint density at radius 3 is 3.00 bits per heavy atom. The summed E-state index contributed by atoms with van der Waals surface area (Å²) in [6, 6.07) is 7.22. The molecule has 5 N–H and O–H groups in total. The average Bonchev–Trinajstić information content (AvgIpc) is 2.37. The fraction of sp³-hybridized carbons (Fsp3) is 0.231. The fourth-order valence-corrected chi connectivity index (χ4v) is 1.38. The topological polar surface area (TPSA) is 97.7 Å². The number of nitrogens with zero attached hydrogens (tertiary/aromatic N) is 1. The van der Waals surface area contributed by atoms with E-state index in [2.05, 4.69) is 16.7 Å². The van der Waals surface area contributed by atoms with E-state index >= 15 is 0 Å². The van der Waals surface area contributed by atoms with Crippen molar-refractivity contribution in [1.29, 1.82) is 10.7 Å². The second-order valence-corrected chi connectivity index (χ2v) is 3.65. The van der Waals surface area contributed by atoms with E-state index in [0.717, 1.165) is 6.54 Å². The molecule has 0 aliphatic carbocycles. The highest BCUT2D eigenvalue weighted by Gasteiger charge is 2.05. The Bertz CT molecular complexity index is 485. The number of rotatable bonds is 6. The van der Waals surface area contributed by atoms with Crippen LogP contribution in [0, 0.1) is 16.7 Å². The molecule has 1 rings (SSSR count). The van der Waals surface area contributed by atoms with Gasteiger partial charge in [0.15, 0.2) is 0 Å². The van der Waals surface area contributed by atoms with Crippen LogP contribution in [0.15, 0.2) is 30.5 Å². The van der Waals surface area contributed by atoms with Crippen molar-refractivity contribution >= 4 is 17.1 Å². The zero-order valence-electron chi connectivity index (χ0n) is 10.3. The van der Waals surface area contributed by atoms with E-state index in [1.165, 1.54) is 0 Å². The largest absolute Gasteiger partial charge is 0.397 e. The molecule has 18 heavy (non-hydrogen) atoms. The van der Waals surface area contributed by atoms with Gasteiger partial charge in [-0.15, -0.1) is 0 Å². The van der Waals surface area contributed by atoms with E-state index in [0.29, 0.717) is 29.2 Å². The predicted molar refractivity (Wildman–Crippen MR) is 74.6 cm³/mol. The first-order chi connectivity index (χ1) is 8.69. The van der Waals surface area contributed by atoms with Gasteiger partial charge in [-0.3, -0.25) is 0 Å². The van der Waals surface area contributed by atoms with Crippen LogP contribution in [0.4, 0.5) is 11.4 Å². The molecule has 0 aliphatic rings. The number of nitrogens with one attached hydrogen (secondary N) is 3. The summed E-state index contributed by atoms with van der Waals surface area (Å²) in [5.74, 6) is 0. The lowest BCUT2D eigenvalue weighted by Crippen LogP contribution is -2.14. The summed E-state index contributed by atoms with van der Waals surface area (Å²) in [6.07, 6.45) is 3.39. The van der Waals surface area contributed by atoms with Crippen molar-refractivity contribution in [3.8, 4) is 6.07 Å². The number of nitrogens with two attached hydrogens (primary N) is 1. The van der Waals surface area contributed by atoms with Gasteiger partial charge in [-0.1, -0.05) is 6.07 Å². The second kappa shape index (κ2) is 6.97. The van der Waals surface area contributed by atoms with Gasteiger partial charge in [-0.2, -0.15) is 5.26 Å². The van der Waals surface area contributed by atoms with Crippen molar-refractivity contribution in [3.05, 3.63) is 36.0 Å². The predicted octanol–water partition coefficient (Wildman–Crippen LogP) is 1.70. The molecule has 5 heteroatoms. The number of para-hydroxylation sites is 1. The summed E-state index contributed by atoms with van der Waals surface area (Å²) in [4.78, 5) is 0. The number of nitriles is 1. The summed E-state index contributed by atoms with van der Waals surface area (Å²) in [7, 11) is 0. The first kappa shape index (κ1) is 13.6. The Morgan fingerprint density at radius 2 is 2.33 bits per heavy atom. The van der Waals surface area contributed by atoms with Crippen LogP contribution in [0.25, 0.3) is 0 Å². The zero-order valence-corrected chi connectivity index (χ0v) is 10.3. The Labute approximate surface area is 107 Å². The number of nitrogen functional groups attached to an aromatic ring is 1. The molecule has 0 amide bonds. The van der Waals surface area contributed by atoms with Gasteiger partial charge < -0.3 is 21.8 Å². The van der Waals surface area contributed by atoms with E-state index in [9.17, 15) is 0 Å². The van der Waals surface area contributed by atoms with E-state index in [4.69, 9.17) is 16.4 Å². The molecule has 0 spiro atoms. The van der Waals surface area contributed by atoms with Crippen LogP contribution >= 0.6 is 0 Å². The third-order valence-electron chi connectivity index (χ3n) is 2.28. The Balaban J connectivity index is 2.64. The lowest BCUT2D eigenvalue weighted by molar-refractivity contribution is 0.920. The van der Waals surface area contributed by atoms with Gasteiger partial charge in [0.1, 0.15) is 6.07 Å². The fourth-order valence-electron chi connectivity index (χ4n) is 1.38. The minimum Gasteiger partial charge on any atom is -0.397 e.